The normalized spacial score (nSPS) is 16.2. The van der Waals surface area contributed by atoms with E-state index in [1.807, 2.05) is 58.0 Å². The summed E-state index contributed by atoms with van der Waals surface area (Å²) in [6.45, 7) is 6.85. The Morgan fingerprint density at radius 1 is 1.18 bits per heavy atom. The number of nitrogens with zero attached hydrogens (tertiary/aromatic N) is 2. The van der Waals surface area contributed by atoms with Crippen LogP contribution in [0.3, 0.4) is 0 Å². The highest BCUT2D eigenvalue weighted by Gasteiger charge is 2.30. The number of benzene rings is 2. The van der Waals surface area contributed by atoms with Crippen LogP contribution < -0.4 is 14.8 Å². The monoisotopic (exact) mass is 487 g/mol. The number of anilines is 1. The summed E-state index contributed by atoms with van der Waals surface area (Å²) in [7, 11) is 1.49. The Morgan fingerprint density at radius 2 is 1.88 bits per heavy atom. The molecule has 2 aromatic carbocycles. The average Bonchev–Trinajstić information content (AvgIpc) is 2.81. The maximum absolute atomic E-state index is 12.8. The van der Waals surface area contributed by atoms with Crippen LogP contribution in [0.25, 0.3) is 0 Å². The molecule has 0 aromatic heterocycles. The third-order valence-corrected chi connectivity index (χ3v) is 6.51. The Bertz CT molecular complexity index is 1070. The molecule has 9 heteroatoms. The van der Waals surface area contributed by atoms with Gasteiger partial charge in [-0.1, -0.05) is 51.6 Å². The molecular weight excluding hydrogens is 457 g/mol. The predicted octanol–water partition coefficient (Wildman–Crippen LogP) is 5.84. The predicted molar refractivity (Wildman–Crippen MR) is 133 cm³/mol. The molecule has 1 aliphatic heterocycles. The number of halogens is 1. The van der Waals surface area contributed by atoms with E-state index in [-0.39, 0.29) is 28.7 Å². The largest absolute Gasteiger partial charge is 0.493 e. The highest BCUT2D eigenvalue weighted by atomic mass is 32.2. The van der Waals surface area contributed by atoms with Crippen molar-refractivity contribution < 1.29 is 23.5 Å². The molecule has 0 spiro atoms. The number of amides is 2. The minimum absolute atomic E-state index is 0.0710. The van der Waals surface area contributed by atoms with Crippen molar-refractivity contribution in [2.45, 2.75) is 45.9 Å². The minimum Gasteiger partial charge on any atom is -0.493 e. The highest BCUT2D eigenvalue weighted by Crippen LogP contribution is 2.34. The number of hydrazone groups is 1. The second kappa shape index (κ2) is 10.9. The number of carbonyl (C=O) groups is 2. The van der Waals surface area contributed by atoms with Gasteiger partial charge >= 0.3 is 5.24 Å². The van der Waals surface area contributed by atoms with Crippen molar-refractivity contribution in [3.63, 3.8) is 0 Å². The molecule has 1 heterocycles. The van der Waals surface area contributed by atoms with Crippen LogP contribution in [-0.4, -0.2) is 41.1 Å². The van der Waals surface area contributed by atoms with Crippen LogP contribution in [0, 0.1) is 5.41 Å². The Balaban J connectivity index is 1.83. The third-order valence-electron chi connectivity index (χ3n) is 5.25. The number of rotatable bonds is 8. The van der Waals surface area contributed by atoms with Crippen molar-refractivity contribution in [1.82, 2.24) is 5.01 Å². The molecule has 1 aliphatic rings. The molecule has 1 atom stereocenters. The maximum Gasteiger partial charge on any atom is 0.302 e. The summed E-state index contributed by atoms with van der Waals surface area (Å²) in [4.78, 5) is 25.0. The number of nitrogens with one attached hydrogen (secondary N) is 1. The van der Waals surface area contributed by atoms with E-state index < -0.39 is 12.3 Å². The molecule has 2 aromatic rings. The van der Waals surface area contributed by atoms with Gasteiger partial charge in [-0.3, -0.25) is 9.59 Å². The molecule has 1 unspecified atom stereocenters. The topological polar surface area (TPSA) is 80.2 Å². The fraction of sp³-hybridized carbons (Fsp3) is 0.400. The molecule has 34 heavy (non-hydrogen) atoms. The number of thioether (sulfide) groups is 1. The first-order chi connectivity index (χ1) is 16.2. The highest BCUT2D eigenvalue weighted by molar-refractivity contribution is 8.14. The van der Waals surface area contributed by atoms with E-state index in [2.05, 4.69) is 10.4 Å². The summed E-state index contributed by atoms with van der Waals surface area (Å²) in [5.41, 5.74) is 2.52. The first-order valence-corrected chi connectivity index (χ1v) is 11.9. The number of methoxy groups -OCH3 is 1. The van der Waals surface area contributed by atoms with Crippen molar-refractivity contribution in [2.24, 2.45) is 10.5 Å². The molecule has 0 saturated heterocycles. The van der Waals surface area contributed by atoms with Crippen LogP contribution in [0.5, 0.6) is 11.5 Å². The maximum atomic E-state index is 12.8. The lowest BCUT2D eigenvalue weighted by Gasteiger charge is -2.28. The van der Waals surface area contributed by atoms with E-state index in [1.165, 1.54) is 23.9 Å². The molecule has 0 radical (unpaired) electrons. The lowest BCUT2D eigenvalue weighted by atomic mass is 9.95. The number of carbonyl (C=O) groups excluding carboxylic acids is 2. The van der Waals surface area contributed by atoms with Crippen LogP contribution in [0.15, 0.2) is 47.6 Å². The molecule has 1 N–H and O–H groups in total. The Hall–Kier alpha value is -3.07. The van der Waals surface area contributed by atoms with Crippen molar-refractivity contribution in [3.05, 3.63) is 53.6 Å². The minimum atomic E-state index is -0.977. The third kappa shape index (κ3) is 6.08. The molecule has 0 saturated carbocycles. The summed E-state index contributed by atoms with van der Waals surface area (Å²) >= 11 is 1.21. The van der Waals surface area contributed by atoms with Crippen molar-refractivity contribution >= 4 is 34.3 Å². The van der Waals surface area contributed by atoms with E-state index in [1.54, 1.807) is 12.1 Å². The number of alkyl halides is 1. The van der Waals surface area contributed by atoms with E-state index in [4.69, 9.17) is 9.47 Å². The molecule has 0 bridgehead atoms. The summed E-state index contributed by atoms with van der Waals surface area (Å²) in [5.74, 6) is 0.629. The summed E-state index contributed by atoms with van der Waals surface area (Å²) in [6, 6.07) is 12.5. The number of hydrogen-bond donors (Lipinski definition) is 1. The first kappa shape index (κ1) is 25.6. The van der Waals surface area contributed by atoms with E-state index in [0.717, 1.165) is 11.1 Å². The molecule has 7 nitrogen and oxygen atoms in total. The number of hydrogen-bond acceptors (Lipinski definition) is 6. The Labute approximate surface area is 203 Å². The Kier molecular flexibility index (Phi) is 8.19. The van der Waals surface area contributed by atoms with Gasteiger partial charge in [0.05, 0.1) is 24.6 Å². The zero-order valence-electron chi connectivity index (χ0n) is 20.1. The average molecular weight is 488 g/mol. The molecular formula is C25H30FN3O4S. The molecule has 182 valence electrons. The van der Waals surface area contributed by atoms with Crippen molar-refractivity contribution in [3.8, 4) is 11.5 Å². The van der Waals surface area contributed by atoms with Gasteiger partial charge in [-0.05, 0) is 42.3 Å². The van der Waals surface area contributed by atoms with Gasteiger partial charge in [-0.2, -0.15) is 5.10 Å². The van der Waals surface area contributed by atoms with Gasteiger partial charge in [0.15, 0.2) is 11.5 Å². The van der Waals surface area contributed by atoms with Crippen molar-refractivity contribution in [1.29, 1.82) is 0 Å². The van der Waals surface area contributed by atoms with Gasteiger partial charge in [-0.25, -0.2) is 9.40 Å². The zero-order chi connectivity index (χ0) is 24.9. The van der Waals surface area contributed by atoms with Gasteiger partial charge in [0.25, 0.3) is 0 Å². The summed E-state index contributed by atoms with van der Waals surface area (Å²) in [6.07, 6.45) is 0.705. The van der Waals surface area contributed by atoms with E-state index in [9.17, 15) is 14.0 Å². The van der Waals surface area contributed by atoms with Gasteiger partial charge in [-0.15, -0.1) is 0 Å². The summed E-state index contributed by atoms with van der Waals surface area (Å²) in [5, 5.41) is 8.70. The van der Waals surface area contributed by atoms with Crippen LogP contribution in [0.4, 0.5) is 14.9 Å². The fourth-order valence-electron chi connectivity index (χ4n) is 3.29. The van der Waals surface area contributed by atoms with Gasteiger partial charge in [0, 0.05) is 16.7 Å². The molecule has 3 rings (SSSR count). The van der Waals surface area contributed by atoms with Crippen LogP contribution >= 0.6 is 11.8 Å². The lowest BCUT2D eigenvalue weighted by Crippen LogP contribution is -2.34. The SMILES string of the molecule is CCC1SC(=O)N(Cc2ccc(NC(=O)C(C)(C)C)cc2)N=C1c1ccc(OC)c(OCF)c1. The molecule has 2 amide bonds. The van der Waals surface area contributed by atoms with E-state index >= 15 is 0 Å². The first-order valence-electron chi connectivity index (χ1n) is 11.0. The van der Waals surface area contributed by atoms with Gasteiger partial charge < -0.3 is 14.8 Å². The van der Waals surface area contributed by atoms with Gasteiger partial charge in [0.2, 0.25) is 12.8 Å². The second-order valence-electron chi connectivity index (χ2n) is 8.84. The van der Waals surface area contributed by atoms with Gasteiger partial charge in [0.1, 0.15) is 0 Å². The lowest BCUT2D eigenvalue weighted by molar-refractivity contribution is -0.123. The molecule has 0 aliphatic carbocycles. The second-order valence-corrected chi connectivity index (χ2v) is 10.00. The molecule has 0 fully saturated rings. The van der Waals surface area contributed by atoms with Crippen LogP contribution in [0.1, 0.15) is 45.2 Å². The Morgan fingerprint density at radius 3 is 2.47 bits per heavy atom. The standard InChI is InChI=1S/C25H30FN3O4S/c1-6-21-22(17-9-12-19(32-5)20(13-17)33-15-26)28-29(24(31)34-21)14-16-7-10-18(11-8-16)27-23(30)25(2,3)4/h7-13,21H,6,14-15H2,1-5H3,(H,27,30). The smallest absolute Gasteiger partial charge is 0.302 e. The van der Waals surface area contributed by atoms with E-state index in [0.29, 0.717) is 23.6 Å². The van der Waals surface area contributed by atoms with Crippen LogP contribution in [-0.2, 0) is 11.3 Å². The van der Waals surface area contributed by atoms with Crippen LogP contribution in [0.2, 0.25) is 0 Å². The number of ether oxygens (including phenoxy) is 2. The quantitative estimate of drug-likeness (QED) is 0.506. The van der Waals surface area contributed by atoms with Crippen molar-refractivity contribution in [2.75, 3.05) is 19.3 Å². The fourth-order valence-corrected chi connectivity index (χ4v) is 4.22. The zero-order valence-corrected chi connectivity index (χ0v) is 20.9. The summed E-state index contributed by atoms with van der Waals surface area (Å²) < 4.78 is 23.1.